The van der Waals surface area contributed by atoms with Gasteiger partial charge in [-0.2, -0.15) is 0 Å². The third-order valence-corrected chi connectivity index (χ3v) is 6.40. The summed E-state index contributed by atoms with van der Waals surface area (Å²) >= 11 is 18.9. The molecule has 0 unspecified atom stereocenters. The van der Waals surface area contributed by atoms with Gasteiger partial charge in [-0.1, -0.05) is 51.3 Å². The Labute approximate surface area is 236 Å². The molecule has 0 spiro atoms. The Morgan fingerprint density at radius 2 is 1.89 bits per heavy atom. The van der Waals surface area contributed by atoms with Gasteiger partial charge in [0.1, 0.15) is 0 Å². The number of cyclic esters (lactones) is 1. The highest BCUT2D eigenvalue weighted by Crippen LogP contribution is 2.36. The number of hydrogen-bond donors (Lipinski definition) is 0. The fourth-order valence-corrected chi connectivity index (χ4v) is 5.00. The number of ether oxygens (including phenoxy) is 2. The van der Waals surface area contributed by atoms with E-state index >= 15 is 0 Å². The number of nitrogens with zero attached hydrogens (tertiary/aromatic N) is 2. The molecular weight excluding hydrogens is 655 g/mol. The predicted molar refractivity (Wildman–Crippen MR) is 147 cm³/mol. The molecule has 0 fully saturated rings. The van der Waals surface area contributed by atoms with Gasteiger partial charge in [0, 0.05) is 33.3 Å². The minimum atomic E-state index is -0.750. The summed E-state index contributed by atoms with van der Waals surface area (Å²) in [4.78, 5) is 39.7. The van der Waals surface area contributed by atoms with Crippen molar-refractivity contribution in [3.8, 4) is 5.75 Å². The van der Waals surface area contributed by atoms with Crippen molar-refractivity contribution in [2.24, 2.45) is 4.99 Å². The van der Waals surface area contributed by atoms with Gasteiger partial charge in [0.2, 0.25) is 5.90 Å². The second-order valence-electron chi connectivity index (χ2n) is 7.37. The number of non-ortho nitro benzene ring substituents is 1. The van der Waals surface area contributed by atoms with Gasteiger partial charge in [0.25, 0.3) is 5.69 Å². The monoisotopic (exact) mass is 664 g/mol. The first-order valence-electron chi connectivity index (χ1n) is 10.2. The fourth-order valence-electron chi connectivity index (χ4n) is 3.17. The molecule has 1 heterocycles. The van der Waals surface area contributed by atoms with E-state index in [4.69, 9.17) is 32.7 Å². The van der Waals surface area contributed by atoms with Crippen molar-refractivity contribution in [2.75, 3.05) is 0 Å². The second-order valence-corrected chi connectivity index (χ2v) is 9.99. The third kappa shape index (κ3) is 6.53. The van der Waals surface area contributed by atoms with Gasteiger partial charge in [-0.05, 0) is 64.0 Å². The average molecular weight is 667 g/mol. The maximum Gasteiger partial charge on any atom is 0.363 e. The lowest BCUT2D eigenvalue weighted by Gasteiger charge is -2.09. The van der Waals surface area contributed by atoms with Gasteiger partial charge < -0.3 is 9.47 Å². The lowest BCUT2D eigenvalue weighted by Crippen LogP contribution is -2.07. The molecule has 186 valence electrons. The molecular formula is C25H12Br2Cl2N2O6. The van der Waals surface area contributed by atoms with Crippen LogP contribution in [-0.2, 0) is 14.3 Å². The summed E-state index contributed by atoms with van der Waals surface area (Å²) in [5.74, 6) is -1.35. The van der Waals surface area contributed by atoms with E-state index in [-0.39, 0.29) is 28.1 Å². The van der Waals surface area contributed by atoms with Crippen LogP contribution in [0.3, 0.4) is 0 Å². The first-order valence-corrected chi connectivity index (χ1v) is 12.6. The summed E-state index contributed by atoms with van der Waals surface area (Å²) in [6.45, 7) is 0. The van der Waals surface area contributed by atoms with Crippen LogP contribution in [0.4, 0.5) is 5.69 Å². The van der Waals surface area contributed by atoms with Crippen molar-refractivity contribution >= 4 is 90.7 Å². The number of carbonyl (C=O) groups is 2. The van der Waals surface area contributed by atoms with Crippen LogP contribution in [0.15, 0.2) is 80.3 Å². The van der Waals surface area contributed by atoms with Crippen LogP contribution >= 0.6 is 55.1 Å². The zero-order valence-corrected chi connectivity index (χ0v) is 23.0. The van der Waals surface area contributed by atoms with E-state index < -0.39 is 16.9 Å². The van der Waals surface area contributed by atoms with E-state index in [9.17, 15) is 19.7 Å². The highest BCUT2D eigenvalue weighted by atomic mass is 79.9. The molecule has 1 aliphatic rings. The zero-order valence-electron chi connectivity index (χ0n) is 18.3. The summed E-state index contributed by atoms with van der Waals surface area (Å²) in [5, 5.41) is 11.6. The van der Waals surface area contributed by atoms with Crippen LogP contribution in [0, 0.1) is 10.1 Å². The SMILES string of the molecule is O=C(/C=C/c1cccc([N+](=O)[O-])c1)Oc1c(Br)cc(Br)cc1/C=C1\N=C(c2ccc(Cl)cc2Cl)OC1=O. The third-order valence-electron chi connectivity index (χ3n) is 4.81. The quantitative estimate of drug-likeness (QED) is 0.0893. The molecule has 0 aliphatic carbocycles. The largest absolute Gasteiger partial charge is 0.422 e. The van der Waals surface area contributed by atoms with E-state index in [1.54, 1.807) is 30.3 Å². The normalized spacial score (nSPS) is 14.1. The van der Waals surface area contributed by atoms with Gasteiger partial charge in [0.15, 0.2) is 11.4 Å². The lowest BCUT2D eigenvalue weighted by molar-refractivity contribution is -0.384. The highest BCUT2D eigenvalue weighted by molar-refractivity contribution is 9.11. The van der Waals surface area contributed by atoms with E-state index in [1.165, 1.54) is 36.4 Å². The number of nitro benzene ring substituents is 1. The number of esters is 2. The Balaban J connectivity index is 1.63. The molecule has 0 N–H and O–H groups in total. The molecule has 0 aromatic heterocycles. The lowest BCUT2D eigenvalue weighted by atomic mass is 10.1. The summed E-state index contributed by atoms with van der Waals surface area (Å²) in [6, 6.07) is 13.7. The Kier molecular flexibility index (Phi) is 8.23. The molecule has 0 amide bonds. The first-order chi connectivity index (χ1) is 17.6. The number of hydrogen-bond acceptors (Lipinski definition) is 7. The molecule has 3 aromatic carbocycles. The van der Waals surface area contributed by atoms with Gasteiger partial charge in [-0.15, -0.1) is 0 Å². The molecule has 0 radical (unpaired) electrons. The minimum absolute atomic E-state index is 0.00501. The number of carbonyl (C=O) groups excluding carboxylic acids is 2. The van der Waals surface area contributed by atoms with Crippen molar-refractivity contribution < 1.29 is 24.0 Å². The average Bonchev–Trinajstić information content (AvgIpc) is 3.19. The van der Waals surface area contributed by atoms with Crippen LogP contribution < -0.4 is 4.74 Å². The Bertz CT molecular complexity index is 1550. The molecule has 3 aromatic rings. The Morgan fingerprint density at radius 3 is 2.62 bits per heavy atom. The second kappa shape index (κ2) is 11.4. The number of halogens is 4. The van der Waals surface area contributed by atoms with Crippen molar-refractivity contribution in [1.29, 1.82) is 0 Å². The van der Waals surface area contributed by atoms with Crippen molar-refractivity contribution in [1.82, 2.24) is 0 Å². The molecule has 1 aliphatic heterocycles. The summed E-state index contributed by atoms with van der Waals surface area (Å²) in [6.07, 6.45) is 3.93. The molecule has 0 saturated heterocycles. The van der Waals surface area contributed by atoms with Crippen molar-refractivity contribution in [2.45, 2.75) is 0 Å². The summed E-state index contributed by atoms with van der Waals surface area (Å²) in [7, 11) is 0. The molecule has 8 nitrogen and oxygen atoms in total. The van der Waals surface area contributed by atoms with E-state index in [0.717, 1.165) is 6.08 Å². The van der Waals surface area contributed by atoms with Gasteiger partial charge in [-0.25, -0.2) is 14.6 Å². The zero-order chi connectivity index (χ0) is 26.7. The summed E-state index contributed by atoms with van der Waals surface area (Å²) in [5.41, 5.74) is 1.02. The highest BCUT2D eigenvalue weighted by Gasteiger charge is 2.26. The number of benzene rings is 3. The number of aliphatic imine (C=N–C) groups is 1. The predicted octanol–water partition coefficient (Wildman–Crippen LogP) is 7.39. The molecule has 12 heteroatoms. The number of rotatable bonds is 6. The van der Waals surface area contributed by atoms with Crippen molar-refractivity contribution in [3.05, 3.63) is 112 Å². The molecule has 37 heavy (non-hydrogen) atoms. The Morgan fingerprint density at radius 1 is 1.11 bits per heavy atom. The van der Waals surface area contributed by atoms with Crippen LogP contribution in [0.5, 0.6) is 5.75 Å². The maximum atomic E-state index is 12.6. The van der Waals surface area contributed by atoms with Gasteiger partial charge in [-0.3, -0.25) is 10.1 Å². The van der Waals surface area contributed by atoms with Gasteiger partial charge >= 0.3 is 11.9 Å². The van der Waals surface area contributed by atoms with Crippen molar-refractivity contribution in [3.63, 3.8) is 0 Å². The molecule has 0 bridgehead atoms. The van der Waals surface area contributed by atoms with E-state index in [2.05, 4.69) is 36.9 Å². The maximum absolute atomic E-state index is 12.6. The van der Waals surface area contributed by atoms with Crippen LogP contribution in [0.2, 0.25) is 10.0 Å². The molecule has 4 rings (SSSR count). The minimum Gasteiger partial charge on any atom is -0.422 e. The van der Waals surface area contributed by atoms with Crippen LogP contribution in [0.25, 0.3) is 12.2 Å². The Hall–Kier alpha value is -3.31. The smallest absolute Gasteiger partial charge is 0.363 e. The van der Waals surface area contributed by atoms with E-state index in [0.29, 0.717) is 30.7 Å². The first kappa shape index (κ1) is 26.7. The molecule has 0 saturated carbocycles. The topological polar surface area (TPSA) is 108 Å². The van der Waals surface area contributed by atoms with Crippen LogP contribution in [0.1, 0.15) is 16.7 Å². The van der Waals surface area contributed by atoms with Gasteiger partial charge in [0.05, 0.1) is 20.0 Å². The fraction of sp³-hybridized carbons (Fsp3) is 0. The van der Waals surface area contributed by atoms with E-state index in [1.807, 2.05) is 0 Å². The standard InChI is InChI=1S/C25H12Br2Cl2N2O6/c26-15-9-14(10-21-25(33)37-24(30-21)18-6-5-16(28)12-20(18)29)23(19(27)11-15)36-22(32)7-4-13-2-1-3-17(8-13)31(34)35/h1-12H/b7-4+,21-10-. The molecule has 0 atom stereocenters. The van der Waals surface area contributed by atoms with Crippen LogP contribution in [-0.4, -0.2) is 22.8 Å². The number of nitro groups is 1. The summed E-state index contributed by atoms with van der Waals surface area (Å²) < 4.78 is 11.8.